The fourth-order valence-corrected chi connectivity index (χ4v) is 6.05. The highest BCUT2D eigenvalue weighted by molar-refractivity contribution is 4.54. The van der Waals surface area contributed by atoms with Crippen LogP contribution >= 0.6 is 0 Å². The van der Waals surface area contributed by atoms with Crippen molar-refractivity contribution in [2.75, 3.05) is 95.9 Å². The maximum absolute atomic E-state index is 5.88. The second kappa shape index (κ2) is 25.3. The molecule has 18 heteroatoms. The van der Waals surface area contributed by atoms with Gasteiger partial charge in [0, 0.05) is 55.5 Å². The van der Waals surface area contributed by atoms with Crippen molar-refractivity contribution in [3.8, 4) is 0 Å². The Labute approximate surface area is 302 Å². The van der Waals surface area contributed by atoms with Crippen LogP contribution in [0.2, 0.25) is 0 Å². The van der Waals surface area contributed by atoms with Crippen LogP contribution in [-0.4, -0.2) is 157 Å². The molecule has 0 spiro atoms. The summed E-state index contributed by atoms with van der Waals surface area (Å²) in [5.74, 6) is 0. The smallest absolute Gasteiger partial charge is 0.165 e. The first-order valence-corrected chi connectivity index (χ1v) is 19.0. The Morgan fingerprint density at radius 1 is 0.280 bits per heavy atom. The third kappa shape index (κ3) is 13.9. The first-order chi connectivity index (χ1) is 24.3. The zero-order valence-electron chi connectivity index (χ0n) is 32.8. The molecule has 0 N–H and O–H groups in total. The molecule has 296 valence electrons. The van der Waals surface area contributed by atoms with Gasteiger partial charge in [-0.05, 0) is 12.8 Å². The molecular formula is C32H72N12O6. The van der Waals surface area contributed by atoms with E-state index in [1.54, 1.807) is 0 Å². The second-order valence-corrected chi connectivity index (χ2v) is 13.2. The standard InChI is InChI=1S/C32H72N12O6/c1-9-11-13-15-17-19-21-23-25-45-27-39-33(3)41(34(39)4)29-47-49-31-43-37(7)44(38(43)8)32-50-48-30-42-35(5)40(36(42)6)28-46-26-24-22-20-18-16-14-12-10-2/h9-32H2,1-8H3. The van der Waals surface area contributed by atoms with Crippen molar-refractivity contribution in [2.24, 2.45) is 0 Å². The Morgan fingerprint density at radius 3 is 0.760 bits per heavy atom. The molecule has 0 aromatic heterocycles. The van der Waals surface area contributed by atoms with E-state index in [0.29, 0.717) is 13.5 Å². The topological polar surface area (TPSA) is 94.3 Å². The summed E-state index contributed by atoms with van der Waals surface area (Å²) in [6.07, 6.45) is 20.7. The van der Waals surface area contributed by atoms with Crippen LogP contribution in [0.3, 0.4) is 0 Å². The molecule has 0 aromatic carbocycles. The van der Waals surface area contributed by atoms with Gasteiger partial charge in [0.15, 0.2) is 26.9 Å². The van der Waals surface area contributed by atoms with Crippen LogP contribution in [0.4, 0.5) is 0 Å². The highest BCUT2D eigenvalue weighted by Gasteiger charge is 2.41. The maximum Gasteiger partial charge on any atom is 0.165 e. The van der Waals surface area contributed by atoms with Crippen LogP contribution < -0.4 is 0 Å². The average Bonchev–Trinajstić information content (AvgIpc) is 3.12. The summed E-state index contributed by atoms with van der Waals surface area (Å²) in [6, 6.07) is 0. The number of unbranched alkanes of at least 4 members (excludes halogenated alkanes) is 14. The highest BCUT2D eigenvalue weighted by atomic mass is 17.2. The Balaban J connectivity index is 1.13. The molecule has 3 aliphatic heterocycles. The van der Waals surface area contributed by atoms with Crippen LogP contribution in [0.5, 0.6) is 0 Å². The molecule has 0 bridgehead atoms. The minimum atomic E-state index is 0.206. The quantitative estimate of drug-likeness (QED) is 0.0559. The summed E-state index contributed by atoms with van der Waals surface area (Å²) in [6.45, 7) is 7.97. The highest BCUT2D eigenvalue weighted by Crippen LogP contribution is 2.22. The van der Waals surface area contributed by atoms with E-state index in [1.807, 2.05) is 104 Å². The maximum atomic E-state index is 5.88. The van der Waals surface area contributed by atoms with Gasteiger partial charge in [-0.2, -0.15) is 0 Å². The Bertz CT molecular complexity index is 768. The van der Waals surface area contributed by atoms with Crippen molar-refractivity contribution in [1.29, 1.82) is 0 Å². The summed E-state index contributed by atoms with van der Waals surface area (Å²) in [7, 11) is 11.6. The van der Waals surface area contributed by atoms with Crippen LogP contribution in [0, 0.1) is 0 Å². The lowest BCUT2D eigenvalue weighted by Crippen LogP contribution is -2.76. The van der Waals surface area contributed by atoms with Crippen LogP contribution in [0.1, 0.15) is 117 Å². The molecule has 3 heterocycles. The third-order valence-corrected chi connectivity index (χ3v) is 9.55. The van der Waals surface area contributed by atoms with E-state index in [9.17, 15) is 0 Å². The van der Waals surface area contributed by atoms with Crippen molar-refractivity contribution in [3.63, 3.8) is 0 Å². The number of hydrogen-bond acceptors (Lipinski definition) is 18. The normalized spacial score (nSPS) is 20.6. The van der Waals surface area contributed by atoms with Gasteiger partial charge in [0.2, 0.25) is 0 Å². The predicted molar refractivity (Wildman–Crippen MR) is 188 cm³/mol. The fourth-order valence-electron chi connectivity index (χ4n) is 6.05. The van der Waals surface area contributed by atoms with Gasteiger partial charge in [0.1, 0.15) is 13.5 Å². The molecule has 3 aliphatic rings. The summed E-state index contributed by atoms with van der Waals surface area (Å²) in [5.41, 5.74) is 0. The zero-order chi connectivity index (χ0) is 36.1. The van der Waals surface area contributed by atoms with Crippen LogP contribution in [-0.2, 0) is 29.0 Å². The van der Waals surface area contributed by atoms with Gasteiger partial charge in [-0.1, -0.05) is 104 Å². The van der Waals surface area contributed by atoms with Gasteiger partial charge in [0.05, 0.1) is 0 Å². The van der Waals surface area contributed by atoms with E-state index in [4.69, 9.17) is 29.0 Å². The van der Waals surface area contributed by atoms with Crippen molar-refractivity contribution in [3.05, 3.63) is 0 Å². The number of rotatable bonds is 32. The molecule has 3 saturated heterocycles. The van der Waals surface area contributed by atoms with E-state index in [0.717, 1.165) is 26.1 Å². The van der Waals surface area contributed by atoms with Gasteiger partial charge < -0.3 is 9.47 Å². The number of hydrazine groups is 12. The van der Waals surface area contributed by atoms with E-state index in [2.05, 4.69) is 13.8 Å². The van der Waals surface area contributed by atoms with Gasteiger partial charge in [0.25, 0.3) is 0 Å². The molecular weight excluding hydrogens is 648 g/mol. The lowest BCUT2D eigenvalue weighted by atomic mass is 10.1. The van der Waals surface area contributed by atoms with E-state index < -0.39 is 0 Å². The summed E-state index contributed by atoms with van der Waals surface area (Å²) in [5, 5.41) is 23.0. The van der Waals surface area contributed by atoms with Crippen molar-refractivity contribution in [1.82, 2.24) is 61.4 Å². The van der Waals surface area contributed by atoms with E-state index in [-0.39, 0.29) is 26.9 Å². The van der Waals surface area contributed by atoms with E-state index in [1.165, 1.54) is 89.9 Å². The van der Waals surface area contributed by atoms with Gasteiger partial charge >= 0.3 is 0 Å². The molecule has 0 unspecified atom stereocenters. The molecule has 0 amide bonds. The molecule has 50 heavy (non-hydrogen) atoms. The Kier molecular flexibility index (Phi) is 22.1. The molecule has 3 rings (SSSR count). The minimum absolute atomic E-state index is 0.206. The molecule has 3 fully saturated rings. The summed E-state index contributed by atoms with van der Waals surface area (Å²) in [4.78, 5) is 21.9. The molecule has 0 aliphatic carbocycles. The fraction of sp³-hybridized carbons (Fsp3) is 1.00. The number of nitrogens with zero attached hydrogens (tertiary/aromatic N) is 12. The third-order valence-electron chi connectivity index (χ3n) is 9.55. The largest absolute Gasteiger partial charge is 0.363 e. The number of ether oxygens (including phenoxy) is 2. The predicted octanol–water partition coefficient (Wildman–Crippen LogP) is 4.37. The van der Waals surface area contributed by atoms with Crippen LogP contribution in [0.15, 0.2) is 0 Å². The minimum Gasteiger partial charge on any atom is -0.363 e. The Hall–Kier alpha value is -0.720. The van der Waals surface area contributed by atoms with Gasteiger partial charge in [-0.25, -0.2) is 19.6 Å². The molecule has 0 aromatic rings. The second-order valence-electron chi connectivity index (χ2n) is 13.2. The van der Waals surface area contributed by atoms with Crippen molar-refractivity contribution in [2.45, 2.75) is 117 Å². The Morgan fingerprint density at radius 2 is 0.500 bits per heavy atom. The summed E-state index contributed by atoms with van der Waals surface area (Å²) >= 11 is 0. The lowest BCUT2D eigenvalue weighted by molar-refractivity contribution is -0.570. The van der Waals surface area contributed by atoms with Gasteiger partial charge in [-0.15, -0.1) is 61.4 Å². The summed E-state index contributed by atoms with van der Waals surface area (Å²) < 4.78 is 11.8. The molecule has 0 radical (unpaired) electrons. The SMILES string of the molecule is CCCCCCCCCCOCN1N(C)N(COOCN2N(C)N(COOCN3N(C)N(COCCCCCCCCCC)N3C)N2C)N1C. The van der Waals surface area contributed by atoms with Gasteiger partial charge in [-0.3, -0.25) is 0 Å². The zero-order valence-corrected chi connectivity index (χ0v) is 32.8. The van der Waals surface area contributed by atoms with Crippen LogP contribution in [0.25, 0.3) is 0 Å². The monoisotopic (exact) mass is 721 g/mol. The lowest BCUT2D eigenvalue weighted by Gasteiger charge is -2.57. The molecule has 0 atom stereocenters. The first kappa shape index (κ1) is 43.7. The van der Waals surface area contributed by atoms with E-state index >= 15 is 0 Å². The molecule has 0 saturated carbocycles. The van der Waals surface area contributed by atoms with Crippen molar-refractivity contribution >= 4 is 0 Å². The first-order valence-electron chi connectivity index (χ1n) is 19.0. The molecule has 18 nitrogen and oxygen atoms in total. The van der Waals surface area contributed by atoms with Crippen molar-refractivity contribution < 1.29 is 29.0 Å². The average molecular weight is 721 g/mol. The number of hydrogen-bond donors (Lipinski definition) is 0.